The highest BCUT2D eigenvalue weighted by atomic mass is 16.5. The molecular weight excluding hydrogens is 386 g/mol. The van der Waals surface area contributed by atoms with Crippen molar-refractivity contribution >= 4 is 41.2 Å². The molecule has 0 bridgehead atoms. The Kier molecular flexibility index (Phi) is 5.41. The van der Waals surface area contributed by atoms with Gasteiger partial charge in [0.15, 0.2) is 6.10 Å². The van der Waals surface area contributed by atoms with Crippen LogP contribution in [0, 0.1) is 0 Å². The molecule has 2 atom stereocenters. The number of esters is 1. The van der Waals surface area contributed by atoms with Crippen LogP contribution in [0.25, 0.3) is 0 Å². The number of methoxy groups -OCH3 is 1. The summed E-state index contributed by atoms with van der Waals surface area (Å²) in [5.74, 6) is -4.54. The predicted octanol–water partition coefficient (Wildman–Crippen LogP) is -0.786. The van der Waals surface area contributed by atoms with Crippen molar-refractivity contribution in [2.75, 3.05) is 19.0 Å². The number of fused-ring (bicyclic) bond motifs is 1. The Morgan fingerprint density at radius 2 is 1.90 bits per heavy atom. The minimum Gasteiger partial charge on any atom is -0.452 e. The first-order chi connectivity index (χ1) is 13.7. The van der Waals surface area contributed by atoms with Crippen LogP contribution in [-0.2, 0) is 28.7 Å². The smallest absolute Gasteiger partial charge is 0.303 e. The van der Waals surface area contributed by atoms with Gasteiger partial charge in [0, 0.05) is 20.5 Å². The zero-order valence-electron chi connectivity index (χ0n) is 15.5. The second-order valence-electron chi connectivity index (χ2n) is 6.39. The van der Waals surface area contributed by atoms with E-state index in [9.17, 15) is 28.8 Å². The fourth-order valence-electron chi connectivity index (χ4n) is 3.23. The quantitative estimate of drug-likeness (QED) is 0.480. The lowest BCUT2D eigenvalue weighted by molar-refractivity contribution is -0.159. The lowest BCUT2D eigenvalue weighted by Gasteiger charge is -2.31. The SMILES string of the molecule is COCC(=O)Nc1cccc2c1C(=O)N(C1CC(OC(C)=O)C(=O)NC1=O)C2=O. The number of carbonyl (C=O) groups is 6. The summed E-state index contributed by atoms with van der Waals surface area (Å²) in [6.07, 6.45) is -1.68. The van der Waals surface area contributed by atoms with Crippen LogP contribution in [0.3, 0.4) is 0 Å². The van der Waals surface area contributed by atoms with Crippen molar-refractivity contribution in [3.63, 3.8) is 0 Å². The van der Waals surface area contributed by atoms with E-state index in [1.54, 1.807) is 0 Å². The largest absolute Gasteiger partial charge is 0.452 e. The highest BCUT2D eigenvalue weighted by Gasteiger charge is 2.48. The first kappa shape index (κ1) is 20.1. The molecule has 2 heterocycles. The summed E-state index contributed by atoms with van der Waals surface area (Å²) < 4.78 is 9.60. The van der Waals surface area contributed by atoms with E-state index in [1.165, 1.54) is 25.3 Å². The summed E-state index contributed by atoms with van der Waals surface area (Å²) in [7, 11) is 1.33. The first-order valence-corrected chi connectivity index (χ1v) is 8.56. The third kappa shape index (κ3) is 3.72. The van der Waals surface area contributed by atoms with Gasteiger partial charge in [-0.2, -0.15) is 0 Å². The number of nitrogens with one attached hydrogen (secondary N) is 2. The Bertz CT molecular complexity index is 941. The molecule has 29 heavy (non-hydrogen) atoms. The molecule has 2 aliphatic heterocycles. The lowest BCUT2D eigenvalue weighted by Crippen LogP contribution is -2.59. The fraction of sp³-hybridized carbons (Fsp3) is 0.333. The van der Waals surface area contributed by atoms with Crippen molar-refractivity contribution in [1.29, 1.82) is 0 Å². The maximum Gasteiger partial charge on any atom is 0.303 e. The number of amides is 5. The van der Waals surface area contributed by atoms with Crippen LogP contribution in [0.2, 0.25) is 0 Å². The Morgan fingerprint density at radius 3 is 2.55 bits per heavy atom. The zero-order chi connectivity index (χ0) is 21.3. The van der Waals surface area contributed by atoms with E-state index in [0.717, 1.165) is 6.92 Å². The van der Waals surface area contributed by atoms with E-state index in [0.29, 0.717) is 4.90 Å². The summed E-state index contributed by atoms with van der Waals surface area (Å²) >= 11 is 0. The molecule has 0 aromatic heterocycles. The van der Waals surface area contributed by atoms with Gasteiger partial charge in [0.2, 0.25) is 11.8 Å². The van der Waals surface area contributed by atoms with Crippen LogP contribution >= 0.6 is 0 Å². The summed E-state index contributed by atoms with van der Waals surface area (Å²) in [6.45, 7) is 0.836. The molecule has 2 N–H and O–H groups in total. The van der Waals surface area contributed by atoms with Gasteiger partial charge >= 0.3 is 5.97 Å². The number of carbonyl (C=O) groups excluding carboxylic acids is 6. The maximum absolute atomic E-state index is 13.0. The van der Waals surface area contributed by atoms with Gasteiger partial charge in [-0.05, 0) is 12.1 Å². The molecule has 152 valence electrons. The van der Waals surface area contributed by atoms with E-state index in [1.807, 2.05) is 5.32 Å². The van der Waals surface area contributed by atoms with Crippen LogP contribution in [0.5, 0.6) is 0 Å². The normalized spacial score (nSPS) is 21.0. The average molecular weight is 403 g/mol. The van der Waals surface area contributed by atoms with Crippen LogP contribution in [0.4, 0.5) is 5.69 Å². The second kappa shape index (κ2) is 7.80. The topological polar surface area (TPSA) is 148 Å². The van der Waals surface area contributed by atoms with Crippen molar-refractivity contribution in [2.24, 2.45) is 0 Å². The minimum atomic E-state index is -1.35. The van der Waals surface area contributed by atoms with Crippen LogP contribution in [0.15, 0.2) is 18.2 Å². The summed E-state index contributed by atoms with van der Waals surface area (Å²) in [5, 5.41) is 4.49. The molecule has 0 radical (unpaired) electrons. The lowest BCUT2D eigenvalue weighted by atomic mass is 10.0. The predicted molar refractivity (Wildman–Crippen MR) is 94.6 cm³/mol. The van der Waals surface area contributed by atoms with Gasteiger partial charge in [-0.1, -0.05) is 6.07 Å². The Balaban J connectivity index is 1.91. The molecule has 1 fully saturated rings. The summed E-state index contributed by atoms with van der Waals surface area (Å²) in [5.41, 5.74) is 0.0175. The van der Waals surface area contributed by atoms with E-state index in [2.05, 4.69) is 5.32 Å². The van der Waals surface area contributed by atoms with Gasteiger partial charge in [-0.3, -0.25) is 39.0 Å². The summed E-state index contributed by atoms with van der Waals surface area (Å²) in [6, 6.07) is 2.94. The first-order valence-electron chi connectivity index (χ1n) is 8.56. The standard InChI is InChI=1S/C18H17N3O8/c1-8(22)29-12-6-11(15(24)20-16(12)25)21-17(26)9-4-3-5-10(14(9)18(21)27)19-13(23)7-28-2/h3-5,11-12H,6-7H2,1-2H3,(H,19,23)(H,20,24,25). The average Bonchev–Trinajstić information content (AvgIpc) is 2.89. The van der Waals surface area contributed by atoms with E-state index >= 15 is 0 Å². The Labute approximate surface area is 164 Å². The van der Waals surface area contributed by atoms with Crippen molar-refractivity contribution < 1.29 is 38.2 Å². The number of anilines is 1. The molecule has 2 aliphatic rings. The molecular formula is C18H17N3O8. The number of nitrogens with zero attached hydrogens (tertiary/aromatic N) is 1. The van der Waals surface area contributed by atoms with E-state index in [-0.39, 0.29) is 29.8 Å². The Morgan fingerprint density at radius 1 is 1.17 bits per heavy atom. The second-order valence-corrected chi connectivity index (χ2v) is 6.39. The van der Waals surface area contributed by atoms with E-state index in [4.69, 9.17) is 9.47 Å². The number of rotatable bonds is 5. The highest BCUT2D eigenvalue weighted by Crippen LogP contribution is 2.32. The molecule has 0 spiro atoms. The molecule has 5 amide bonds. The van der Waals surface area contributed by atoms with Crippen molar-refractivity contribution in [2.45, 2.75) is 25.5 Å². The molecule has 11 nitrogen and oxygen atoms in total. The van der Waals surface area contributed by atoms with Crippen LogP contribution in [-0.4, -0.2) is 66.3 Å². The number of hydrogen-bond acceptors (Lipinski definition) is 8. The third-order valence-electron chi connectivity index (χ3n) is 4.39. The number of ether oxygens (including phenoxy) is 2. The van der Waals surface area contributed by atoms with Crippen molar-refractivity contribution in [3.05, 3.63) is 29.3 Å². The van der Waals surface area contributed by atoms with Crippen LogP contribution in [0.1, 0.15) is 34.1 Å². The van der Waals surface area contributed by atoms with Gasteiger partial charge in [0.25, 0.3) is 17.7 Å². The van der Waals surface area contributed by atoms with Crippen molar-refractivity contribution in [1.82, 2.24) is 10.2 Å². The van der Waals surface area contributed by atoms with Gasteiger partial charge in [0.05, 0.1) is 16.8 Å². The van der Waals surface area contributed by atoms with Crippen molar-refractivity contribution in [3.8, 4) is 0 Å². The molecule has 2 unspecified atom stereocenters. The van der Waals surface area contributed by atoms with Gasteiger partial charge in [0.1, 0.15) is 12.6 Å². The molecule has 11 heteroatoms. The monoisotopic (exact) mass is 403 g/mol. The highest BCUT2D eigenvalue weighted by molar-refractivity contribution is 6.26. The maximum atomic E-state index is 13.0. The number of piperidine rings is 1. The van der Waals surface area contributed by atoms with Gasteiger partial charge in [-0.25, -0.2) is 0 Å². The summed E-state index contributed by atoms with van der Waals surface area (Å²) in [4.78, 5) is 73.7. The van der Waals surface area contributed by atoms with Crippen LogP contribution < -0.4 is 10.6 Å². The van der Waals surface area contributed by atoms with E-state index < -0.39 is 47.7 Å². The van der Waals surface area contributed by atoms with Gasteiger partial charge < -0.3 is 14.8 Å². The van der Waals surface area contributed by atoms with Gasteiger partial charge in [-0.15, -0.1) is 0 Å². The molecule has 0 saturated carbocycles. The molecule has 3 rings (SSSR count). The third-order valence-corrected chi connectivity index (χ3v) is 4.39. The number of hydrogen-bond donors (Lipinski definition) is 2. The molecule has 1 aromatic carbocycles. The molecule has 1 saturated heterocycles. The molecule has 1 aromatic rings. The number of imide groups is 2. The fourth-order valence-corrected chi connectivity index (χ4v) is 3.23. The zero-order valence-corrected chi connectivity index (χ0v) is 15.5. The number of benzene rings is 1. The molecule has 0 aliphatic carbocycles. The minimum absolute atomic E-state index is 0.000969. The Hall–Kier alpha value is -3.60.